The molecule has 8 nitrogen and oxygen atoms in total. The zero-order valence-corrected chi connectivity index (χ0v) is 13.8. The average molecular weight is 371 g/mol. The van der Waals surface area contributed by atoms with Crippen molar-refractivity contribution in [3.05, 3.63) is 0 Å². The van der Waals surface area contributed by atoms with Gasteiger partial charge in [0.2, 0.25) is 0 Å². The van der Waals surface area contributed by atoms with E-state index < -0.39 is 15.6 Å². The van der Waals surface area contributed by atoms with Crippen LogP contribution in [0.4, 0.5) is 0 Å². The van der Waals surface area contributed by atoms with Crippen LogP contribution in [0.15, 0.2) is 0 Å². The second-order valence-corrected chi connectivity index (χ2v) is 2.81. The SMILES string of the molecule is O=P([O-])(O)O.O=P([O-])([O-])[O-].[Ce+3].[K+]. The first kappa shape index (κ1) is 24.5. The maximum absolute atomic E-state index is 8.77. The molecule has 0 rings (SSSR count). The summed E-state index contributed by atoms with van der Waals surface area (Å²) < 4.78 is 17.3. The molecule has 0 bridgehead atoms. The van der Waals surface area contributed by atoms with Gasteiger partial charge in [-0.15, -0.1) is 0 Å². The Morgan fingerprint density at radius 2 is 0.917 bits per heavy atom. The molecule has 0 aromatic rings. The number of phosphoric acid groups is 2. The summed E-state index contributed by atoms with van der Waals surface area (Å²) in [6.45, 7) is 0. The predicted octanol–water partition coefficient (Wildman–Crippen LogP) is -7.38. The second kappa shape index (κ2) is 10.7. The standard InChI is InChI=1S/Ce.K.2H3O4P/c;;2*1-5(2,3)4/h;;2*(H3,1,2,3,4)/q+3;+1;;/p-4. The van der Waals surface area contributed by atoms with Crippen molar-refractivity contribution < 1.29 is 132 Å². The van der Waals surface area contributed by atoms with Crippen LogP contribution in [0.3, 0.4) is 0 Å². The Kier molecular flexibility index (Phi) is 21.9. The Labute approximate surface area is 144 Å². The van der Waals surface area contributed by atoms with Crippen LogP contribution < -0.4 is 71.0 Å². The minimum absolute atomic E-state index is 0. The van der Waals surface area contributed by atoms with Crippen molar-refractivity contribution in [3.8, 4) is 0 Å². The topological polar surface area (TPSA) is 167 Å². The fourth-order valence-electron chi connectivity index (χ4n) is 0. The van der Waals surface area contributed by atoms with Crippen LogP contribution >= 0.6 is 15.6 Å². The van der Waals surface area contributed by atoms with Crippen LogP contribution in [0.25, 0.3) is 0 Å². The van der Waals surface area contributed by atoms with Gasteiger partial charge in [-0.2, -0.15) is 7.82 Å². The molecule has 0 aliphatic heterocycles. The van der Waals surface area contributed by atoms with E-state index in [1.807, 2.05) is 0 Å². The Hall–Kier alpha value is 3.23. The Morgan fingerprint density at radius 3 is 0.917 bits per heavy atom. The van der Waals surface area contributed by atoms with E-state index in [0.29, 0.717) is 0 Å². The molecule has 0 atom stereocenters. The molecule has 0 aromatic carbocycles. The van der Waals surface area contributed by atoms with Gasteiger partial charge in [-0.1, -0.05) is 0 Å². The van der Waals surface area contributed by atoms with E-state index in [0.717, 1.165) is 0 Å². The van der Waals surface area contributed by atoms with Gasteiger partial charge in [-0.3, -0.25) is 4.57 Å². The minimum atomic E-state index is -5.39. The number of hydrogen-bond acceptors (Lipinski definition) is 6. The van der Waals surface area contributed by atoms with Crippen molar-refractivity contribution in [2.45, 2.75) is 0 Å². The molecular formula is H2CeKO8P2. The maximum atomic E-state index is 8.77. The van der Waals surface area contributed by atoms with Crippen LogP contribution in [0.5, 0.6) is 0 Å². The van der Waals surface area contributed by atoms with Gasteiger partial charge >= 0.3 is 93.1 Å². The van der Waals surface area contributed by atoms with E-state index in [2.05, 4.69) is 0 Å². The molecule has 0 saturated carbocycles. The first-order valence-electron chi connectivity index (χ1n) is 1.50. The molecule has 0 fully saturated rings. The summed E-state index contributed by atoms with van der Waals surface area (Å²) in [6.07, 6.45) is 0. The van der Waals surface area contributed by atoms with Gasteiger partial charge in [-0.05, 0) is 0 Å². The Morgan fingerprint density at radius 1 is 0.917 bits per heavy atom. The minimum Gasteiger partial charge on any atom is -0.822 e. The van der Waals surface area contributed by atoms with E-state index in [1.54, 1.807) is 0 Å². The number of rotatable bonds is 0. The van der Waals surface area contributed by atoms with E-state index in [4.69, 9.17) is 38.5 Å². The third-order valence-corrected chi connectivity index (χ3v) is 0. The fraction of sp³-hybridized carbons (Fsp3) is 0. The largest absolute Gasteiger partial charge is 3.00 e. The first-order valence-corrected chi connectivity index (χ1v) is 4.49. The molecule has 1 radical (unpaired) electrons. The zero-order valence-electron chi connectivity index (χ0n) is 5.74. The molecule has 12 heteroatoms. The van der Waals surface area contributed by atoms with E-state index in [-0.39, 0.29) is 93.1 Å². The third kappa shape index (κ3) is 189. The molecular weight excluding hydrogens is 369 g/mol. The second-order valence-electron chi connectivity index (χ2n) is 0.938. The molecule has 0 amide bonds. The maximum Gasteiger partial charge on any atom is 3.00 e. The predicted molar refractivity (Wildman–Crippen MR) is 19.7 cm³/mol. The van der Waals surface area contributed by atoms with Crippen LogP contribution in [0, 0.1) is 41.7 Å². The molecule has 0 spiro atoms. The molecule has 12 heavy (non-hydrogen) atoms. The van der Waals surface area contributed by atoms with Crippen molar-refractivity contribution in [2.75, 3.05) is 0 Å². The molecule has 0 heterocycles. The van der Waals surface area contributed by atoms with E-state index in [9.17, 15) is 0 Å². The van der Waals surface area contributed by atoms with Crippen LogP contribution in [0.1, 0.15) is 0 Å². The van der Waals surface area contributed by atoms with Gasteiger partial charge < -0.3 is 33.9 Å². The van der Waals surface area contributed by atoms with Crippen molar-refractivity contribution in [2.24, 2.45) is 0 Å². The summed E-state index contributed by atoms with van der Waals surface area (Å²) in [5.74, 6) is 0. The molecule has 0 saturated heterocycles. The molecule has 2 N–H and O–H groups in total. The van der Waals surface area contributed by atoms with Gasteiger partial charge in [0.25, 0.3) is 7.82 Å². The van der Waals surface area contributed by atoms with Gasteiger partial charge in [0.05, 0.1) is 0 Å². The van der Waals surface area contributed by atoms with Crippen LogP contribution in [-0.2, 0) is 9.13 Å². The van der Waals surface area contributed by atoms with Gasteiger partial charge in [0.15, 0.2) is 0 Å². The van der Waals surface area contributed by atoms with E-state index in [1.165, 1.54) is 0 Å². The molecule has 0 aromatic heterocycles. The van der Waals surface area contributed by atoms with Gasteiger partial charge in [0, 0.05) is 0 Å². The van der Waals surface area contributed by atoms with Crippen LogP contribution in [0.2, 0.25) is 0 Å². The Balaban J connectivity index is -0.0000000457. The summed E-state index contributed by atoms with van der Waals surface area (Å²) in [4.78, 5) is 48.6. The molecule has 0 aliphatic rings. The summed E-state index contributed by atoms with van der Waals surface area (Å²) in [5, 5.41) is 0. The van der Waals surface area contributed by atoms with E-state index >= 15 is 0 Å². The molecule has 65 valence electrons. The monoisotopic (exact) mass is 371 g/mol. The molecule has 0 unspecified atom stereocenters. The van der Waals surface area contributed by atoms with Crippen molar-refractivity contribution in [3.63, 3.8) is 0 Å². The quantitative estimate of drug-likeness (QED) is 0.313. The molecule has 0 aliphatic carbocycles. The van der Waals surface area contributed by atoms with Gasteiger partial charge in [-0.25, -0.2) is 0 Å². The Bertz CT molecular complexity index is 129. The third-order valence-electron chi connectivity index (χ3n) is 0. The zero-order chi connectivity index (χ0) is 9.00. The van der Waals surface area contributed by atoms with Crippen LogP contribution in [-0.4, -0.2) is 9.79 Å². The summed E-state index contributed by atoms with van der Waals surface area (Å²) in [5.41, 5.74) is 0. The van der Waals surface area contributed by atoms with Crippen molar-refractivity contribution >= 4 is 15.6 Å². The average Bonchev–Trinajstić information content (AvgIpc) is 1.12. The normalized spacial score (nSPS) is 9.83. The summed E-state index contributed by atoms with van der Waals surface area (Å²) in [7, 11) is -10.3. The first-order chi connectivity index (χ1) is 4.00. The van der Waals surface area contributed by atoms with Gasteiger partial charge in [0.1, 0.15) is 0 Å². The van der Waals surface area contributed by atoms with Crippen molar-refractivity contribution in [1.82, 2.24) is 0 Å². The summed E-state index contributed by atoms with van der Waals surface area (Å²) >= 11 is 0. The number of hydrogen-bond donors (Lipinski definition) is 2. The van der Waals surface area contributed by atoms with Crippen molar-refractivity contribution in [1.29, 1.82) is 0 Å². The smallest absolute Gasteiger partial charge is 0.822 e. The fourth-order valence-corrected chi connectivity index (χ4v) is 0. The summed E-state index contributed by atoms with van der Waals surface area (Å²) in [6, 6.07) is 0.